The van der Waals surface area contributed by atoms with Gasteiger partial charge in [0.2, 0.25) is 0 Å². The fourth-order valence-electron chi connectivity index (χ4n) is 3.17. The Labute approximate surface area is 183 Å². The molecule has 162 valence electrons. The highest BCUT2D eigenvalue weighted by molar-refractivity contribution is 7.92. The third-order valence-corrected chi connectivity index (χ3v) is 6.17. The molecule has 0 atom stereocenters. The molecule has 0 aliphatic heterocycles. The van der Waals surface area contributed by atoms with Crippen molar-refractivity contribution in [3.63, 3.8) is 0 Å². The van der Waals surface area contributed by atoms with Crippen molar-refractivity contribution in [1.82, 2.24) is 4.90 Å². The van der Waals surface area contributed by atoms with E-state index in [4.69, 9.17) is 4.74 Å². The molecule has 0 radical (unpaired) electrons. The summed E-state index contributed by atoms with van der Waals surface area (Å²) in [4.78, 5) is 14.6. The molecule has 0 aliphatic carbocycles. The summed E-state index contributed by atoms with van der Waals surface area (Å²) in [6.07, 6.45) is 0. The zero-order valence-electron chi connectivity index (χ0n) is 17.8. The number of carbonyl (C=O) groups is 1. The van der Waals surface area contributed by atoms with E-state index in [0.29, 0.717) is 24.4 Å². The molecule has 0 saturated heterocycles. The van der Waals surface area contributed by atoms with E-state index in [9.17, 15) is 13.2 Å². The number of sulfonamides is 1. The third kappa shape index (κ3) is 5.44. The Hall–Kier alpha value is -3.32. The van der Waals surface area contributed by atoms with E-state index in [1.54, 1.807) is 36.2 Å². The Balaban J connectivity index is 1.80. The average molecular weight is 439 g/mol. The number of hydrogen-bond donors (Lipinski definition) is 1. The van der Waals surface area contributed by atoms with Crippen LogP contribution in [0.25, 0.3) is 0 Å². The predicted molar refractivity (Wildman–Crippen MR) is 122 cm³/mol. The lowest BCUT2D eigenvalue weighted by atomic mass is 10.1. The molecule has 3 aromatic carbocycles. The highest BCUT2D eigenvalue weighted by Gasteiger charge is 2.19. The lowest BCUT2D eigenvalue weighted by molar-refractivity contribution is 0.0783. The molecule has 1 N–H and O–H groups in total. The van der Waals surface area contributed by atoms with Crippen LogP contribution in [0.15, 0.2) is 77.7 Å². The zero-order chi connectivity index (χ0) is 22.4. The van der Waals surface area contributed by atoms with Gasteiger partial charge in [-0.15, -0.1) is 0 Å². The van der Waals surface area contributed by atoms with Gasteiger partial charge in [0.05, 0.1) is 17.2 Å². The molecule has 0 unspecified atom stereocenters. The Morgan fingerprint density at radius 2 is 1.71 bits per heavy atom. The molecule has 7 heteroatoms. The summed E-state index contributed by atoms with van der Waals surface area (Å²) in [7, 11) is -2.15. The van der Waals surface area contributed by atoms with Crippen molar-refractivity contribution in [3.05, 3.63) is 89.5 Å². The predicted octanol–water partition coefficient (Wildman–Crippen LogP) is 4.47. The largest absolute Gasteiger partial charge is 0.494 e. The number of nitrogens with zero attached hydrogens (tertiary/aromatic N) is 1. The van der Waals surface area contributed by atoms with Gasteiger partial charge in [0.15, 0.2) is 0 Å². The number of para-hydroxylation sites is 2. The van der Waals surface area contributed by atoms with Gasteiger partial charge in [0.1, 0.15) is 5.75 Å². The van der Waals surface area contributed by atoms with Crippen molar-refractivity contribution in [1.29, 1.82) is 0 Å². The molecule has 0 heterocycles. The summed E-state index contributed by atoms with van der Waals surface area (Å²) < 4.78 is 33.9. The Kier molecular flexibility index (Phi) is 6.97. The number of rotatable bonds is 8. The van der Waals surface area contributed by atoms with E-state index >= 15 is 0 Å². The maximum absolute atomic E-state index is 13.0. The van der Waals surface area contributed by atoms with Crippen LogP contribution in [0.4, 0.5) is 5.69 Å². The van der Waals surface area contributed by atoms with E-state index in [1.165, 1.54) is 12.1 Å². The van der Waals surface area contributed by atoms with Crippen LogP contribution in [0.1, 0.15) is 28.4 Å². The summed E-state index contributed by atoms with van der Waals surface area (Å²) in [6.45, 7) is 4.60. The van der Waals surface area contributed by atoms with Crippen LogP contribution >= 0.6 is 0 Å². The number of anilines is 1. The van der Waals surface area contributed by atoms with E-state index in [2.05, 4.69) is 4.72 Å². The van der Waals surface area contributed by atoms with Gasteiger partial charge >= 0.3 is 0 Å². The maximum Gasteiger partial charge on any atom is 0.261 e. The van der Waals surface area contributed by atoms with Crippen molar-refractivity contribution in [2.45, 2.75) is 25.3 Å². The van der Waals surface area contributed by atoms with Crippen LogP contribution in [0, 0.1) is 6.92 Å². The van der Waals surface area contributed by atoms with Gasteiger partial charge in [0.25, 0.3) is 15.9 Å². The Bertz CT molecular complexity index is 1180. The molecule has 1 amide bonds. The van der Waals surface area contributed by atoms with E-state index < -0.39 is 10.0 Å². The number of aryl methyl sites for hydroxylation is 1. The summed E-state index contributed by atoms with van der Waals surface area (Å²) >= 11 is 0. The van der Waals surface area contributed by atoms with Gasteiger partial charge < -0.3 is 9.64 Å². The molecule has 31 heavy (non-hydrogen) atoms. The third-order valence-electron chi connectivity index (χ3n) is 4.81. The summed E-state index contributed by atoms with van der Waals surface area (Å²) in [5.41, 5.74) is 2.49. The lowest BCUT2D eigenvalue weighted by Crippen LogP contribution is -2.26. The maximum atomic E-state index is 13.0. The first-order valence-electron chi connectivity index (χ1n) is 9.96. The normalized spacial score (nSPS) is 11.1. The number of carbonyl (C=O) groups excluding carboxylic acids is 1. The van der Waals surface area contributed by atoms with Gasteiger partial charge in [-0.05, 0) is 49.7 Å². The van der Waals surface area contributed by atoms with Gasteiger partial charge in [-0.3, -0.25) is 9.52 Å². The smallest absolute Gasteiger partial charge is 0.261 e. The quantitative estimate of drug-likeness (QED) is 0.563. The second-order valence-electron chi connectivity index (χ2n) is 7.15. The van der Waals surface area contributed by atoms with E-state index in [0.717, 1.165) is 16.9 Å². The monoisotopic (exact) mass is 438 g/mol. The first kappa shape index (κ1) is 22.4. The lowest BCUT2D eigenvalue weighted by Gasteiger charge is -2.20. The van der Waals surface area contributed by atoms with E-state index in [1.807, 2.05) is 50.2 Å². The minimum Gasteiger partial charge on any atom is -0.494 e. The number of nitrogens with one attached hydrogen (secondary N) is 1. The molecular weight excluding hydrogens is 412 g/mol. The minimum atomic E-state index is -3.83. The summed E-state index contributed by atoms with van der Waals surface area (Å²) in [6, 6.07) is 20.7. The zero-order valence-corrected chi connectivity index (χ0v) is 18.6. The van der Waals surface area contributed by atoms with Crippen molar-refractivity contribution >= 4 is 21.6 Å². The second kappa shape index (κ2) is 9.66. The molecular formula is C24H26N2O4S. The molecule has 0 spiro atoms. The number of ether oxygens (including phenoxy) is 1. The van der Waals surface area contributed by atoms with Crippen LogP contribution in [-0.2, 0) is 16.6 Å². The standard InChI is InChI=1S/C24H26N2O4S/c1-4-30-23-15-8-6-11-20(23)17-26(3)24(27)19-12-9-13-21(16-19)31(28,29)25-22-14-7-5-10-18(22)2/h5-16,25H,4,17H2,1-3H3. The fourth-order valence-corrected chi connectivity index (χ4v) is 4.34. The van der Waals surface area contributed by atoms with Crippen LogP contribution in [-0.4, -0.2) is 32.9 Å². The summed E-state index contributed by atoms with van der Waals surface area (Å²) in [5.74, 6) is 0.447. The van der Waals surface area contributed by atoms with Crippen molar-refractivity contribution < 1.29 is 17.9 Å². The highest BCUT2D eigenvalue weighted by Crippen LogP contribution is 2.22. The van der Waals surface area contributed by atoms with Crippen LogP contribution in [0.5, 0.6) is 5.75 Å². The van der Waals surface area contributed by atoms with Gasteiger partial charge in [-0.25, -0.2) is 8.42 Å². The Morgan fingerprint density at radius 1 is 1.00 bits per heavy atom. The van der Waals surface area contributed by atoms with Crippen LogP contribution in [0.3, 0.4) is 0 Å². The molecule has 0 aliphatic rings. The molecule has 0 fully saturated rings. The molecule has 0 bridgehead atoms. The SMILES string of the molecule is CCOc1ccccc1CN(C)C(=O)c1cccc(S(=O)(=O)Nc2ccccc2C)c1. The molecule has 3 rings (SSSR count). The molecule has 0 saturated carbocycles. The fraction of sp³-hybridized carbons (Fsp3) is 0.208. The molecule has 0 aromatic heterocycles. The number of benzene rings is 3. The van der Waals surface area contributed by atoms with Crippen molar-refractivity contribution in [2.24, 2.45) is 0 Å². The topological polar surface area (TPSA) is 75.7 Å². The van der Waals surface area contributed by atoms with Crippen LogP contribution < -0.4 is 9.46 Å². The average Bonchev–Trinajstić information content (AvgIpc) is 2.76. The molecule has 3 aromatic rings. The number of amides is 1. The Morgan fingerprint density at radius 3 is 2.45 bits per heavy atom. The van der Waals surface area contributed by atoms with E-state index in [-0.39, 0.29) is 10.8 Å². The first-order chi connectivity index (χ1) is 14.8. The first-order valence-corrected chi connectivity index (χ1v) is 11.4. The molecule has 6 nitrogen and oxygen atoms in total. The van der Waals surface area contributed by atoms with Crippen molar-refractivity contribution in [3.8, 4) is 5.75 Å². The van der Waals surface area contributed by atoms with Crippen molar-refractivity contribution in [2.75, 3.05) is 18.4 Å². The highest BCUT2D eigenvalue weighted by atomic mass is 32.2. The number of hydrogen-bond acceptors (Lipinski definition) is 4. The van der Waals surface area contributed by atoms with Gasteiger partial charge in [-0.1, -0.05) is 42.5 Å². The summed E-state index contributed by atoms with van der Waals surface area (Å²) in [5, 5.41) is 0. The van der Waals surface area contributed by atoms with Gasteiger partial charge in [-0.2, -0.15) is 0 Å². The van der Waals surface area contributed by atoms with Gasteiger partial charge in [0, 0.05) is 24.7 Å². The minimum absolute atomic E-state index is 0.0321. The second-order valence-corrected chi connectivity index (χ2v) is 8.83. The van der Waals surface area contributed by atoms with Crippen LogP contribution in [0.2, 0.25) is 0 Å².